The van der Waals surface area contributed by atoms with Gasteiger partial charge in [-0.2, -0.15) is 0 Å². The molecule has 0 N–H and O–H groups in total. The van der Waals surface area contributed by atoms with Crippen LogP contribution in [0.25, 0.3) is 0 Å². The highest BCUT2D eigenvalue weighted by Crippen LogP contribution is 2.39. The Bertz CT molecular complexity index is 583. The van der Waals surface area contributed by atoms with E-state index in [1.165, 1.54) is 0 Å². The van der Waals surface area contributed by atoms with Crippen molar-refractivity contribution in [3.05, 3.63) is 71.8 Å². The molecule has 0 aliphatic rings. The average molecular weight is 390 g/mol. The predicted molar refractivity (Wildman–Crippen MR) is 107 cm³/mol. The third-order valence-corrected chi connectivity index (χ3v) is 4.41. The SMILES string of the molecule is Br.CC(C)C(=O)C(CCN(C)C)(c1ccccc1)c1ccccc1. The van der Waals surface area contributed by atoms with Crippen LogP contribution in [0.4, 0.5) is 0 Å². The van der Waals surface area contributed by atoms with E-state index in [0.29, 0.717) is 0 Å². The molecule has 0 saturated heterocycles. The number of rotatable bonds is 7. The Kier molecular flexibility index (Phi) is 7.85. The van der Waals surface area contributed by atoms with Crippen molar-refractivity contribution in [1.82, 2.24) is 4.90 Å². The van der Waals surface area contributed by atoms with E-state index in [1.54, 1.807) is 0 Å². The maximum Gasteiger partial charge on any atom is 0.150 e. The second kappa shape index (κ2) is 9.14. The Hall–Kier alpha value is -1.45. The molecule has 2 nitrogen and oxygen atoms in total. The maximum atomic E-state index is 13.4. The summed E-state index contributed by atoms with van der Waals surface area (Å²) in [5.74, 6) is 0.273. The van der Waals surface area contributed by atoms with Gasteiger partial charge in [0.15, 0.2) is 0 Å². The van der Waals surface area contributed by atoms with Crippen LogP contribution >= 0.6 is 17.0 Å². The van der Waals surface area contributed by atoms with Crippen LogP contribution in [0.2, 0.25) is 0 Å². The first-order chi connectivity index (χ1) is 11.0. The van der Waals surface area contributed by atoms with Gasteiger partial charge in [0.25, 0.3) is 0 Å². The largest absolute Gasteiger partial charge is 0.309 e. The highest BCUT2D eigenvalue weighted by molar-refractivity contribution is 8.93. The van der Waals surface area contributed by atoms with Gasteiger partial charge in [0.2, 0.25) is 0 Å². The Balaban J connectivity index is 0.00000288. The van der Waals surface area contributed by atoms with E-state index in [9.17, 15) is 4.79 Å². The van der Waals surface area contributed by atoms with Gasteiger partial charge in [0, 0.05) is 5.92 Å². The number of Topliss-reactive ketones (excluding diaryl/α,β-unsaturated/α-hetero) is 1. The molecule has 3 heteroatoms. The first-order valence-electron chi connectivity index (χ1n) is 8.28. The fraction of sp³-hybridized carbons (Fsp3) is 0.381. The summed E-state index contributed by atoms with van der Waals surface area (Å²) in [6.07, 6.45) is 0.783. The lowest BCUT2D eigenvalue weighted by atomic mass is 9.66. The first kappa shape index (κ1) is 20.6. The van der Waals surface area contributed by atoms with Crippen LogP contribution in [0.5, 0.6) is 0 Å². The van der Waals surface area contributed by atoms with Crippen LogP contribution in [0, 0.1) is 5.92 Å². The molecule has 0 aliphatic carbocycles. The molecular weight excluding hydrogens is 362 g/mol. The fourth-order valence-corrected chi connectivity index (χ4v) is 3.19. The molecule has 24 heavy (non-hydrogen) atoms. The topological polar surface area (TPSA) is 20.3 Å². The smallest absolute Gasteiger partial charge is 0.150 e. The molecule has 0 bridgehead atoms. The Morgan fingerprint density at radius 3 is 1.67 bits per heavy atom. The maximum absolute atomic E-state index is 13.4. The van der Waals surface area contributed by atoms with E-state index in [4.69, 9.17) is 0 Å². The lowest BCUT2D eigenvalue weighted by molar-refractivity contribution is -0.126. The van der Waals surface area contributed by atoms with Gasteiger partial charge < -0.3 is 4.90 Å². The van der Waals surface area contributed by atoms with Gasteiger partial charge in [-0.3, -0.25) is 4.79 Å². The number of carbonyl (C=O) groups is 1. The van der Waals surface area contributed by atoms with E-state index in [-0.39, 0.29) is 28.7 Å². The van der Waals surface area contributed by atoms with Crippen molar-refractivity contribution in [1.29, 1.82) is 0 Å². The molecule has 0 heterocycles. The summed E-state index contributed by atoms with van der Waals surface area (Å²) in [6, 6.07) is 20.5. The monoisotopic (exact) mass is 389 g/mol. The summed E-state index contributed by atoms with van der Waals surface area (Å²) < 4.78 is 0. The minimum absolute atomic E-state index is 0. The number of benzene rings is 2. The summed E-state index contributed by atoms with van der Waals surface area (Å²) in [5, 5.41) is 0. The van der Waals surface area contributed by atoms with Gasteiger partial charge in [0.05, 0.1) is 5.41 Å². The summed E-state index contributed by atoms with van der Waals surface area (Å²) >= 11 is 0. The zero-order valence-electron chi connectivity index (χ0n) is 15.0. The van der Waals surface area contributed by atoms with Gasteiger partial charge in [-0.1, -0.05) is 74.5 Å². The van der Waals surface area contributed by atoms with Crippen LogP contribution in [0.1, 0.15) is 31.4 Å². The molecule has 0 amide bonds. The third kappa shape index (κ3) is 4.34. The molecule has 2 aromatic rings. The van der Waals surface area contributed by atoms with Crippen LogP contribution in [0.3, 0.4) is 0 Å². The summed E-state index contributed by atoms with van der Waals surface area (Å²) in [6.45, 7) is 4.86. The van der Waals surface area contributed by atoms with Gasteiger partial charge in [-0.25, -0.2) is 0 Å². The molecule has 2 aromatic carbocycles. The second-order valence-corrected chi connectivity index (χ2v) is 6.71. The summed E-state index contributed by atoms with van der Waals surface area (Å²) in [7, 11) is 4.11. The van der Waals surface area contributed by atoms with E-state index >= 15 is 0 Å². The normalized spacial score (nSPS) is 11.4. The number of hydrogen-bond donors (Lipinski definition) is 0. The fourth-order valence-electron chi connectivity index (χ4n) is 3.19. The quantitative estimate of drug-likeness (QED) is 0.682. The number of carbonyl (C=O) groups excluding carboxylic acids is 1. The number of halogens is 1. The molecule has 0 aromatic heterocycles. The number of nitrogens with zero attached hydrogens (tertiary/aromatic N) is 1. The van der Waals surface area contributed by atoms with Crippen molar-refractivity contribution < 1.29 is 4.79 Å². The summed E-state index contributed by atoms with van der Waals surface area (Å²) in [4.78, 5) is 15.5. The Morgan fingerprint density at radius 1 is 0.917 bits per heavy atom. The van der Waals surface area contributed by atoms with E-state index < -0.39 is 5.41 Å². The average Bonchev–Trinajstić information content (AvgIpc) is 2.57. The van der Waals surface area contributed by atoms with Crippen LogP contribution in [-0.4, -0.2) is 31.3 Å². The minimum atomic E-state index is -0.582. The Morgan fingerprint density at radius 2 is 1.33 bits per heavy atom. The predicted octanol–water partition coefficient (Wildman–Crippen LogP) is 4.73. The standard InChI is InChI=1S/C21H27NO.BrH/c1-17(2)20(23)21(15-16-22(3)4,18-11-7-5-8-12-18)19-13-9-6-10-14-19;/h5-14,17H,15-16H2,1-4H3;1H. The Labute approximate surface area is 156 Å². The number of ketones is 1. The van der Waals surface area contributed by atoms with Gasteiger partial charge >= 0.3 is 0 Å². The summed E-state index contributed by atoms with van der Waals surface area (Å²) in [5.41, 5.74) is 1.60. The van der Waals surface area contributed by atoms with Gasteiger partial charge in [-0.05, 0) is 38.2 Å². The third-order valence-electron chi connectivity index (χ3n) is 4.41. The lowest BCUT2D eigenvalue weighted by Crippen LogP contribution is -2.42. The lowest BCUT2D eigenvalue weighted by Gasteiger charge is -2.36. The van der Waals surface area contributed by atoms with Crippen LogP contribution < -0.4 is 0 Å². The van der Waals surface area contributed by atoms with Crippen LogP contribution in [0.15, 0.2) is 60.7 Å². The highest BCUT2D eigenvalue weighted by Gasteiger charge is 2.42. The highest BCUT2D eigenvalue weighted by atomic mass is 79.9. The molecule has 2 rings (SSSR count). The number of hydrogen-bond acceptors (Lipinski definition) is 2. The van der Waals surface area contributed by atoms with E-state index in [0.717, 1.165) is 24.1 Å². The van der Waals surface area contributed by atoms with Crippen molar-refractivity contribution in [3.63, 3.8) is 0 Å². The van der Waals surface area contributed by atoms with Crippen molar-refractivity contribution in [2.24, 2.45) is 5.92 Å². The van der Waals surface area contributed by atoms with E-state index in [2.05, 4.69) is 43.3 Å². The zero-order chi connectivity index (χ0) is 16.9. The molecule has 130 valence electrons. The van der Waals surface area contributed by atoms with Crippen molar-refractivity contribution >= 4 is 22.8 Å². The molecule has 0 unspecified atom stereocenters. The van der Waals surface area contributed by atoms with Gasteiger partial charge in [0.1, 0.15) is 5.78 Å². The molecule has 0 saturated carbocycles. The minimum Gasteiger partial charge on any atom is -0.309 e. The molecule has 0 spiro atoms. The molecule has 0 aliphatic heterocycles. The molecule has 0 atom stereocenters. The second-order valence-electron chi connectivity index (χ2n) is 6.71. The van der Waals surface area contributed by atoms with Gasteiger partial charge in [-0.15, -0.1) is 17.0 Å². The van der Waals surface area contributed by atoms with Crippen molar-refractivity contribution in [2.75, 3.05) is 20.6 Å². The molecule has 0 radical (unpaired) electrons. The van der Waals surface area contributed by atoms with Crippen LogP contribution in [-0.2, 0) is 10.2 Å². The molecule has 0 fully saturated rings. The van der Waals surface area contributed by atoms with E-state index in [1.807, 2.05) is 50.2 Å². The molecular formula is C21H28BrNO. The van der Waals surface area contributed by atoms with Crippen molar-refractivity contribution in [2.45, 2.75) is 25.7 Å². The zero-order valence-corrected chi connectivity index (χ0v) is 16.7. The first-order valence-corrected chi connectivity index (χ1v) is 8.28. The van der Waals surface area contributed by atoms with Crippen molar-refractivity contribution in [3.8, 4) is 0 Å².